The van der Waals surface area contributed by atoms with E-state index in [1.807, 2.05) is 25.2 Å². The summed E-state index contributed by atoms with van der Waals surface area (Å²) in [6, 6.07) is 0. The molecule has 0 amide bonds. The predicted molar refractivity (Wildman–Crippen MR) is 52.6 cm³/mol. The highest BCUT2D eigenvalue weighted by atomic mass is 79.9. The number of methoxy groups -OCH3 is 1. The Morgan fingerprint density at radius 1 is 1.64 bits per heavy atom. The van der Waals surface area contributed by atoms with Gasteiger partial charge in [0.25, 0.3) is 0 Å². The topological polar surface area (TPSA) is 9.23 Å². The van der Waals surface area contributed by atoms with Crippen molar-refractivity contribution >= 4 is 15.9 Å². The number of halogens is 1. The van der Waals surface area contributed by atoms with Crippen molar-refractivity contribution in [1.82, 2.24) is 0 Å². The molecule has 0 aliphatic heterocycles. The van der Waals surface area contributed by atoms with Gasteiger partial charge < -0.3 is 4.74 Å². The van der Waals surface area contributed by atoms with Crippen LogP contribution in [-0.2, 0) is 4.74 Å². The van der Waals surface area contributed by atoms with Gasteiger partial charge in [-0.15, -0.1) is 0 Å². The molecule has 0 aliphatic carbocycles. The maximum Gasteiger partial charge on any atom is 0.111 e. The summed E-state index contributed by atoms with van der Waals surface area (Å²) in [5.74, 6) is 0.682. The van der Waals surface area contributed by atoms with Crippen molar-refractivity contribution in [2.75, 3.05) is 7.11 Å². The fourth-order valence-corrected chi connectivity index (χ4v) is 0.676. The second-order valence-corrected chi connectivity index (χ2v) is 3.03. The van der Waals surface area contributed by atoms with Crippen LogP contribution in [0.1, 0.15) is 13.3 Å². The maximum absolute atomic E-state index is 4.85. The minimum atomic E-state index is 0.682. The van der Waals surface area contributed by atoms with Crippen LogP contribution in [0.25, 0.3) is 0 Å². The zero-order valence-corrected chi connectivity index (χ0v) is 8.52. The van der Waals surface area contributed by atoms with E-state index in [0.29, 0.717) is 5.76 Å². The summed E-state index contributed by atoms with van der Waals surface area (Å²) >= 11 is 3.39. The summed E-state index contributed by atoms with van der Waals surface area (Å²) in [5.41, 5.74) is 0. The first-order chi connectivity index (χ1) is 5.20. The smallest absolute Gasteiger partial charge is 0.111 e. The Bertz CT molecular complexity index is 180. The van der Waals surface area contributed by atoms with Crippen molar-refractivity contribution < 1.29 is 4.74 Å². The van der Waals surface area contributed by atoms with Gasteiger partial charge in [0.2, 0.25) is 0 Å². The molecule has 0 spiro atoms. The quantitative estimate of drug-likeness (QED) is 0.518. The Morgan fingerprint density at radius 2 is 2.27 bits per heavy atom. The molecule has 0 fully saturated rings. The lowest BCUT2D eigenvalue weighted by molar-refractivity contribution is 0.308. The fourth-order valence-electron chi connectivity index (χ4n) is 0.489. The van der Waals surface area contributed by atoms with Gasteiger partial charge in [-0.1, -0.05) is 34.7 Å². The minimum Gasteiger partial charge on any atom is -0.497 e. The molecule has 1 nitrogen and oxygen atoms in total. The van der Waals surface area contributed by atoms with Gasteiger partial charge in [-0.2, -0.15) is 0 Å². The molecule has 11 heavy (non-hydrogen) atoms. The number of allylic oxidation sites excluding steroid dienone is 4. The average molecular weight is 217 g/mol. The van der Waals surface area contributed by atoms with Crippen molar-refractivity contribution in [2.45, 2.75) is 13.3 Å². The van der Waals surface area contributed by atoms with Crippen molar-refractivity contribution in [3.63, 3.8) is 0 Å². The van der Waals surface area contributed by atoms with Crippen LogP contribution in [0.15, 0.2) is 35.0 Å². The second-order valence-electron chi connectivity index (χ2n) is 2.01. The number of hydrogen-bond donors (Lipinski definition) is 0. The summed E-state index contributed by atoms with van der Waals surface area (Å²) < 4.78 is 6.01. The number of ether oxygens (including phenoxy) is 1. The third-order valence-corrected chi connectivity index (χ3v) is 1.97. The standard InChI is InChI=1S/C9H13BrO/c1-4-9(10)7-5-6-8(2)11-3/h4-6H,2,7H2,1,3H3/b6-5-,9-4+. The van der Waals surface area contributed by atoms with Crippen molar-refractivity contribution in [3.8, 4) is 0 Å². The number of rotatable bonds is 4. The van der Waals surface area contributed by atoms with E-state index in [4.69, 9.17) is 4.74 Å². The van der Waals surface area contributed by atoms with E-state index < -0.39 is 0 Å². The lowest BCUT2D eigenvalue weighted by Gasteiger charge is -1.95. The highest BCUT2D eigenvalue weighted by Gasteiger charge is 1.85. The Balaban J connectivity index is 3.69. The fraction of sp³-hybridized carbons (Fsp3) is 0.333. The molecule has 0 aliphatic rings. The van der Waals surface area contributed by atoms with Gasteiger partial charge in [0.15, 0.2) is 0 Å². The van der Waals surface area contributed by atoms with Crippen molar-refractivity contribution in [1.29, 1.82) is 0 Å². The zero-order chi connectivity index (χ0) is 8.69. The molecule has 0 saturated heterocycles. The Labute approximate surface area is 76.6 Å². The minimum absolute atomic E-state index is 0.682. The lowest BCUT2D eigenvalue weighted by atomic mass is 10.3. The molecule has 0 aromatic rings. The second kappa shape index (κ2) is 6.23. The van der Waals surface area contributed by atoms with Crippen LogP contribution in [0.5, 0.6) is 0 Å². The highest BCUT2D eigenvalue weighted by Crippen LogP contribution is 2.10. The third kappa shape index (κ3) is 5.92. The van der Waals surface area contributed by atoms with Crippen LogP contribution in [0.2, 0.25) is 0 Å². The van der Waals surface area contributed by atoms with Gasteiger partial charge in [0, 0.05) is 0 Å². The maximum atomic E-state index is 4.85. The van der Waals surface area contributed by atoms with E-state index in [1.54, 1.807) is 7.11 Å². The summed E-state index contributed by atoms with van der Waals surface area (Å²) in [7, 11) is 1.61. The molecule has 0 heterocycles. The predicted octanol–water partition coefficient (Wildman–Crippen LogP) is 3.39. The zero-order valence-electron chi connectivity index (χ0n) is 6.93. The summed E-state index contributed by atoms with van der Waals surface area (Å²) in [5, 5.41) is 0. The Kier molecular flexibility index (Phi) is 5.94. The van der Waals surface area contributed by atoms with Crippen molar-refractivity contribution in [3.05, 3.63) is 35.0 Å². The van der Waals surface area contributed by atoms with E-state index in [9.17, 15) is 0 Å². The normalized spacial score (nSPS) is 12.1. The SMILES string of the molecule is C=C(/C=C\C/C(Br)=C\C)OC. The van der Waals surface area contributed by atoms with Gasteiger partial charge in [0.05, 0.1) is 7.11 Å². The Hall–Kier alpha value is -0.500. The molecule has 0 aromatic heterocycles. The van der Waals surface area contributed by atoms with Gasteiger partial charge in [-0.25, -0.2) is 0 Å². The van der Waals surface area contributed by atoms with E-state index >= 15 is 0 Å². The van der Waals surface area contributed by atoms with Crippen LogP contribution < -0.4 is 0 Å². The molecule has 2 heteroatoms. The molecule has 0 bridgehead atoms. The first-order valence-corrected chi connectivity index (χ1v) is 4.20. The largest absolute Gasteiger partial charge is 0.497 e. The van der Waals surface area contributed by atoms with Crippen LogP contribution in [-0.4, -0.2) is 7.11 Å². The molecular formula is C9H13BrO. The first-order valence-electron chi connectivity index (χ1n) is 3.40. The highest BCUT2D eigenvalue weighted by molar-refractivity contribution is 9.11. The van der Waals surface area contributed by atoms with E-state index in [2.05, 4.69) is 22.5 Å². The summed E-state index contributed by atoms with van der Waals surface area (Å²) in [6.45, 7) is 5.64. The molecule has 0 radical (unpaired) electrons. The van der Waals surface area contributed by atoms with Gasteiger partial charge in [-0.3, -0.25) is 0 Å². The monoisotopic (exact) mass is 216 g/mol. The van der Waals surface area contributed by atoms with E-state index in [-0.39, 0.29) is 0 Å². The van der Waals surface area contributed by atoms with Gasteiger partial charge in [0.1, 0.15) is 5.76 Å². The third-order valence-electron chi connectivity index (χ3n) is 1.19. The summed E-state index contributed by atoms with van der Waals surface area (Å²) in [4.78, 5) is 0. The van der Waals surface area contributed by atoms with Crippen LogP contribution in [0, 0.1) is 0 Å². The Morgan fingerprint density at radius 3 is 2.73 bits per heavy atom. The molecule has 0 atom stereocenters. The van der Waals surface area contributed by atoms with Gasteiger partial charge in [-0.05, 0) is 23.9 Å². The molecule has 0 rings (SSSR count). The molecule has 0 aromatic carbocycles. The van der Waals surface area contributed by atoms with Crippen molar-refractivity contribution in [2.24, 2.45) is 0 Å². The van der Waals surface area contributed by atoms with Crippen LogP contribution in [0.3, 0.4) is 0 Å². The van der Waals surface area contributed by atoms with Gasteiger partial charge >= 0.3 is 0 Å². The molecule has 0 unspecified atom stereocenters. The molecule has 62 valence electrons. The molecule has 0 saturated carbocycles. The molecular weight excluding hydrogens is 204 g/mol. The lowest BCUT2D eigenvalue weighted by Crippen LogP contribution is -1.76. The number of hydrogen-bond acceptors (Lipinski definition) is 1. The van der Waals surface area contributed by atoms with E-state index in [0.717, 1.165) is 10.9 Å². The van der Waals surface area contributed by atoms with E-state index in [1.165, 1.54) is 0 Å². The molecule has 0 N–H and O–H groups in total. The average Bonchev–Trinajstić information content (AvgIpc) is 2.04. The van der Waals surface area contributed by atoms with Crippen LogP contribution >= 0.6 is 15.9 Å². The summed E-state index contributed by atoms with van der Waals surface area (Å²) in [6.07, 6.45) is 6.75. The first kappa shape index (κ1) is 10.5. The van der Waals surface area contributed by atoms with Crippen LogP contribution in [0.4, 0.5) is 0 Å².